The van der Waals surface area contributed by atoms with Crippen molar-refractivity contribution in [2.24, 2.45) is 0 Å². The number of likely N-dealkylation sites (N-methyl/N-ethyl adjacent to an activating group) is 1. The third-order valence-corrected chi connectivity index (χ3v) is 3.37. The van der Waals surface area contributed by atoms with Crippen LogP contribution < -0.4 is 4.90 Å². The van der Waals surface area contributed by atoms with E-state index >= 15 is 0 Å². The van der Waals surface area contributed by atoms with Gasteiger partial charge in [-0.2, -0.15) is 0 Å². The fourth-order valence-corrected chi connectivity index (χ4v) is 2.01. The third kappa shape index (κ3) is 4.38. The number of aromatic nitrogens is 4. The maximum atomic E-state index is 12.2. The van der Waals surface area contributed by atoms with Crippen LogP contribution >= 0.6 is 0 Å². The van der Waals surface area contributed by atoms with Gasteiger partial charge in [0.1, 0.15) is 5.82 Å². The third-order valence-electron chi connectivity index (χ3n) is 3.37. The zero-order valence-electron chi connectivity index (χ0n) is 14.0. The second-order valence-corrected chi connectivity index (χ2v) is 5.37. The van der Waals surface area contributed by atoms with Crippen LogP contribution in [-0.2, 0) is 17.9 Å². The molecule has 1 amide bonds. The van der Waals surface area contributed by atoms with Gasteiger partial charge in [0.2, 0.25) is 11.9 Å². The van der Waals surface area contributed by atoms with E-state index in [9.17, 15) is 4.79 Å². The highest BCUT2D eigenvalue weighted by Crippen LogP contribution is 2.06. The predicted molar refractivity (Wildman–Crippen MR) is 89.8 cm³/mol. The Bertz CT molecular complexity index is 674. The summed E-state index contributed by atoms with van der Waals surface area (Å²) >= 11 is 0. The van der Waals surface area contributed by atoms with Crippen LogP contribution in [0.5, 0.6) is 0 Å². The van der Waals surface area contributed by atoms with Crippen LogP contribution in [0.3, 0.4) is 0 Å². The van der Waals surface area contributed by atoms with Gasteiger partial charge < -0.3 is 14.4 Å². The van der Waals surface area contributed by atoms with E-state index in [0.29, 0.717) is 12.5 Å². The Hall–Kier alpha value is -2.70. The number of carbonyl (C=O) groups excluding carboxylic acids is 1. The van der Waals surface area contributed by atoms with Crippen molar-refractivity contribution in [2.45, 2.75) is 20.0 Å². The lowest BCUT2D eigenvalue weighted by molar-refractivity contribution is -0.125. The molecule has 2 rings (SSSR count). The summed E-state index contributed by atoms with van der Waals surface area (Å²) in [5.74, 6) is 1.42. The summed E-state index contributed by atoms with van der Waals surface area (Å²) in [7, 11) is 5.51. The molecule has 0 spiro atoms. The highest BCUT2D eigenvalue weighted by Gasteiger charge is 2.09. The summed E-state index contributed by atoms with van der Waals surface area (Å²) in [5, 5.41) is 0. The summed E-state index contributed by atoms with van der Waals surface area (Å²) < 4.78 is 2.02. The first-order valence-electron chi connectivity index (χ1n) is 7.43. The van der Waals surface area contributed by atoms with Crippen LogP contribution in [-0.4, -0.2) is 51.5 Å². The molecule has 2 heterocycles. The second kappa shape index (κ2) is 7.53. The number of aryl methyl sites for hydroxylation is 1. The van der Waals surface area contributed by atoms with Crippen molar-refractivity contribution in [3.8, 4) is 0 Å². The van der Waals surface area contributed by atoms with Gasteiger partial charge in [0.25, 0.3) is 0 Å². The Morgan fingerprint density at radius 3 is 2.52 bits per heavy atom. The number of hydrogen-bond acceptors (Lipinski definition) is 5. The number of amides is 1. The monoisotopic (exact) mass is 314 g/mol. The molecule has 0 fully saturated rings. The van der Waals surface area contributed by atoms with E-state index in [-0.39, 0.29) is 5.91 Å². The molecular weight excluding hydrogens is 292 g/mol. The maximum absolute atomic E-state index is 12.2. The summed E-state index contributed by atoms with van der Waals surface area (Å²) in [5.41, 5.74) is 0.785. The fraction of sp³-hybridized carbons (Fsp3) is 0.375. The molecule has 122 valence electrons. The lowest BCUT2D eigenvalue weighted by atomic mass is 10.3. The minimum absolute atomic E-state index is 0.0904. The summed E-state index contributed by atoms with van der Waals surface area (Å²) in [4.78, 5) is 28.3. The zero-order chi connectivity index (χ0) is 16.8. The average Bonchev–Trinajstić information content (AvgIpc) is 3.00. The molecule has 7 nitrogen and oxygen atoms in total. The molecule has 0 aromatic carbocycles. The van der Waals surface area contributed by atoms with E-state index in [0.717, 1.165) is 17.9 Å². The molecule has 0 saturated carbocycles. The van der Waals surface area contributed by atoms with E-state index in [4.69, 9.17) is 0 Å². The predicted octanol–water partition coefficient (Wildman–Crippen LogP) is 1.43. The molecular formula is C16H22N6O. The number of hydrogen-bond donors (Lipinski definition) is 0. The van der Waals surface area contributed by atoms with Gasteiger partial charge in [-0.1, -0.05) is 0 Å². The molecule has 0 aliphatic carbocycles. The molecule has 2 aromatic heterocycles. The normalized spacial score (nSPS) is 11.0. The Kier molecular flexibility index (Phi) is 5.46. The number of rotatable bonds is 6. The van der Waals surface area contributed by atoms with Crippen LogP contribution in [0.15, 0.2) is 30.9 Å². The SMILES string of the molecule is CCn1ccnc1CN(C)C(=O)/C=C/c1cnc(N(C)C)nc1. The Morgan fingerprint density at radius 1 is 1.22 bits per heavy atom. The first-order valence-corrected chi connectivity index (χ1v) is 7.43. The van der Waals surface area contributed by atoms with Gasteiger partial charge in [-0.3, -0.25) is 4.79 Å². The van der Waals surface area contributed by atoms with E-state index in [1.54, 1.807) is 36.6 Å². The van der Waals surface area contributed by atoms with Crippen molar-refractivity contribution in [1.82, 2.24) is 24.4 Å². The van der Waals surface area contributed by atoms with Crippen molar-refractivity contribution in [3.63, 3.8) is 0 Å². The van der Waals surface area contributed by atoms with Crippen molar-refractivity contribution in [3.05, 3.63) is 42.3 Å². The van der Waals surface area contributed by atoms with E-state index in [1.807, 2.05) is 36.7 Å². The fourth-order valence-electron chi connectivity index (χ4n) is 2.01. The largest absolute Gasteiger partial charge is 0.347 e. The Balaban J connectivity index is 1.97. The molecule has 7 heteroatoms. The number of carbonyl (C=O) groups is 1. The highest BCUT2D eigenvalue weighted by molar-refractivity contribution is 5.91. The lowest BCUT2D eigenvalue weighted by Crippen LogP contribution is -2.25. The molecule has 23 heavy (non-hydrogen) atoms. The smallest absolute Gasteiger partial charge is 0.246 e. The Labute approximate surface area is 136 Å². The molecule has 0 unspecified atom stereocenters. The standard InChI is InChI=1S/C16H22N6O/c1-5-22-9-8-17-14(22)12-21(4)15(23)7-6-13-10-18-16(19-11-13)20(2)3/h6-11H,5,12H2,1-4H3/b7-6+. The first-order chi connectivity index (χ1) is 11.0. The summed E-state index contributed by atoms with van der Waals surface area (Å²) in [6, 6.07) is 0. The molecule has 0 N–H and O–H groups in total. The molecule has 0 atom stereocenters. The van der Waals surface area contributed by atoms with E-state index < -0.39 is 0 Å². The van der Waals surface area contributed by atoms with Crippen molar-refractivity contribution < 1.29 is 4.79 Å². The van der Waals surface area contributed by atoms with E-state index in [2.05, 4.69) is 15.0 Å². The minimum atomic E-state index is -0.0904. The number of imidazole rings is 1. The molecule has 0 aliphatic heterocycles. The van der Waals surface area contributed by atoms with Crippen LogP contribution in [0.1, 0.15) is 18.3 Å². The molecule has 0 bridgehead atoms. The summed E-state index contributed by atoms with van der Waals surface area (Å²) in [6.45, 7) is 3.35. The number of nitrogens with zero attached hydrogens (tertiary/aromatic N) is 6. The highest BCUT2D eigenvalue weighted by atomic mass is 16.2. The van der Waals surface area contributed by atoms with Gasteiger partial charge >= 0.3 is 0 Å². The number of anilines is 1. The summed E-state index contributed by atoms with van der Waals surface area (Å²) in [6.07, 6.45) is 10.3. The van der Waals surface area contributed by atoms with Gasteiger partial charge in [0.15, 0.2) is 0 Å². The lowest BCUT2D eigenvalue weighted by Gasteiger charge is -2.15. The van der Waals surface area contributed by atoms with Crippen molar-refractivity contribution in [1.29, 1.82) is 0 Å². The van der Waals surface area contributed by atoms with Crippen molar-refractivity contribution >= 4 is 17.9 Å². The van der Waals surface area contributed by atoms with Crippen LogP contribution in [0, 0.1) is 0 Å². The molecule has 0 radical (unpaired) electrons. The topological polar surface area (TPSA) is 67.2 Å². The second-order valence-electron chi connectivity index (χ2n) is 5.37. The quantitative estimate of drug-likeness (QED) is 0.755. The van der Waals surface area contributed by atoms with Gasteiger partial charge in [-0.25, -0.2) is 15.0 Å². The first kappa shape index (κ1) is 16.7. The van der Waals surface area contributed by atoms with E-state index in [1.165, 1.54) is 6.08 Å². The Morgan fingerprint density at radius 2 is 1.91 bits per heavy atom. The minimum Gasteiger partial charge on any atom is -0.347 e. The molecule has 0 saturated heterocycles. The van der Waals surface area contributed by atoms with Gasteiger partial charge in [-0.05, 0) is 13.0 Å². The average molecular weight is 314 g/mol. The van der Waals surface area contributed by atoms with Gasteiger partial charge in [-0.15, -0.1) is 0 Å². The zero-order valence-corrected chi connectivity index (χ0v) is 14.0. The maximum Gasteiger partial charge on any atom is 0.246 e. The van der Waals surface area contributed by atoms with Crippen molar-refractivity contribution in [2.75, 3.05) is 26.0 Å². The molecule has 0 aliphatic rings. The molecule has 2 aromatic rings. The van der Waals surface area contributed by atoms with Gasteiger partial charge in [0, 0.05) is 64.1 Å². The van der Waals surface area contributed by atoms with Crippen LogP contribution in [0.25, 0.3) is 6.08 Å². The van der Waals surface area contributed by atoms with Crippen LogP contribution in [0.2, 0.25) is 0 Å². The van der Waals surface area contributed by atoms with Gasteiger partial charge in [0.05, 0.1) is 6.54 Å². The van der Waals surface area contributed by atoms with Crippen LogP contribution in [0.4, 0.5) is 5.95 Å².